The fraction of sp³-hybridized carbons (Fsp3) is 0.400. The first-order valence-corrected chi connectivity index (χ1v) is 3.73. The molecular formula is C5H8N4OS. The summed E-state index contributed by atoms with van der Waals surface area (Å²) in [5, 5.41) is 6.83. The lowest BCUT2D eigenvalue weighted by Crippen LogP contribution is -2.26. The van der Waals surface area contributed by atoms with Crippen molar-refractivity contribution >= 4 is 22.6 Å². The SMILES string of the molecule is CN(C)C(=O)Nc1cnns1. The fourth-order valence-electron chi connectivity index (χ4n) is 0.439. The molecule has 11 heavy (non-hydrogen) atoms. The normalized spacial score (nSPS) is 9.27. The quantitative estimate of drug-likeness (QED) is 0.676. The number of carbonyl (C=O) groups excluding carboxylic acids is 1. The zero-order chi connectivity index (χ0) is 8.27. The minimum Gasteiger partial charge on any atom is -0.331 e. The molecular weight excluding hydrogens is 164 g/mol. The highest BCUT2D eigenvalue weighted by Gasteiger charge is 2.04. The number of anilines is 1. The van der Waals surface area contributed by atoms with E-state index in [1.807, 2.05) is 0 Å². The summed E-state index contributed by atoms with van der Waals surface area (Å²) in [5.41, 5.74) is 0. The Hall–Kier alpha value is -1.17. The average Bonchev–Trinajstić information content (AvgIpc) is 2.39. The van der Waals surface area contributed by atoms with E-state index in [2.05, 4.69) is 14.9 Å². The maximum atomic E-state index is 11.0. The molecule has 0 unspecified atom stereocenters. The minimum atomic E-state index is -0.170. The van der Waals surface area contributed by atoms with Gasteiger partial charge in [-0.15, -0.1) is 5.10 Å². The van der Waals surface area contributed by atoms with E-state index in [1.54, 1.807) is 14.1 Å². The van der Waals surface area contributed by atoms with E-state index in [9.17, 15) is 4.79 Å². The number of amides is 2. The van der Waals surface area contributed by atoms with Crippen LogP contribution in [0.5, 0.6) is 0 Å². The molecule has 0 fully saturated rings. The fourth-order valence-corrected chi connectivity index (χ4v) is 0.849. The molecule has 2 amide bonds. The Kier molecular flexibility index (Phi) is 2.37. The summed E-state index contributed by atoms with van der Waals surface area (Å²) in [5.74, 6) is 0. The third-order valence-electron chi connectivity index (χ3n) is 0.998. The van der Waals surface area contributed by atoms with Gasteiger partial charge in [0.05, 0.1) is 6.20 Å². The van der Waals surface area contributed by atoms with Crippen LogP contribution in [0.3, 0.4) is 0 Å². The molecule has 0 radical (unpaired) electrons. The highest BCUT2D eigenvalue weighted by atomic mass is 32.1. The van der Waals surface area contributed by atoms with Crippen LogP contribution in [-0.4, -0.2) is 34.6 Å². The average molecular weight is 172 g/mol. The van der Waals surface area contributed by atoms with Gasteiger partial charge in [-0.25, -0.2) is 4.79 Å². The third kappa shape index (κ3) is 2.15. The number of urea groups is 1. The standard InChI is InChI=1S/C5H8N4OS/c1-9(2)5(10)7-4-3-6-8-11-4/h3H,1-2H3,(H,7,10). The van der Waals surface area contributed by atoms with Gasteiger partial charge in [-0.05, 0) is 0 Å². The number of aromatic nitrogens is 2. The Labute approximate surface area is 68.2 Å². The van der Waals surface area contributed by atoms with Crippen molar-refractivity contribution < 1.29 is 4.79 Å². The summed E-state index contributed by atoms with van der Waals surface area (Å²) in [6.07, 6.45) is 1.51. The highest BCUT2D eigenvalue weighted by molar-refractivity contribution is 7.10. The zero-order valence-corrected chi connectivity index (χ0v) is 7.05. The topological polar surface area (TPSA) is 58.1 Å². The van der Waals surface area contributed by atoms with Crippen molar-refractivity contribution in [3.63, 3.8) is 0 Å². The summed E-state index contributed by atoms with van der Waals surface area (Å²) in [4.78, 5) is 12.4. The molecule has 1 N–H and O–H groups in total. The summed E-state index contributed by atoms with van der Waals surface area (Å²) in [6.45, 7) is 0. The van der Waals surface area contributed by atoms with Crippen molar-refractivity contribution in [2.75, 3.05) is 19.4 Å². The molecule has 0 aromatic carbocycles. The van der Waals surface area contributed by atoms with Crippen LogP contribution in [0.4, 0.5) is 9.80 Å². The molecule has 0 saturated heterocycles. The maximum Gasteiger partial charge on any atom is 0.322 e. The summed E-state index contributed by atoms with van der Waals surface area (Å²) in [6, 6.07) is -0.170. The van der Waals surface area contributed by atoms with E-state index in [1.165, 1.54) is 11.1 Å². The van der Waals surface area contributed by atoms with Crippen molar-refractivity contribution in [3.05, 3.63) is 6.20 Å². The van der Waals surface area contributed by atoms with Crippen molar-refractivity contribution in [3.8, 4) is 0 Å². The lowest BCUT2D eigenvalue weighted by atomic mass is 10.7. The molecule has 1 heterocycles. The molecule has 0 spiro atoms. The predicted molar refractivity (Wildman–Crippen MR) is 42.6 cm³/mol. The van der Waals surface area contributed by atoms with Gasteiger partial charge < -0.3 is 4.90 Å². The zero-order valence-electron chi connectivity index (χ0n) is 6.24. The maximum absolute atomic E-state index is 11.0. The van der Waals surface area contributed by atoms with Gasteiger partial charge in [0.1, 0.15) is 5.00 Å². The van der Waals surface area contributed by atoms with E-state index in [-0.39, 0.29) is 6.03 Å². The van der Waals surface area contributed by atoms with E-state index in [0.29, 0.717) is 5.00 Å². The smallest absolute Gasteiger partial charge is 0.322 e. The third-order valence-corrected chi connectivity index (χ3v) is 1.58. The van der Waals surface area contributed by atoms with Crippen LogP contribution < -0.4 is 5.32 Å². The van der Waals surface area contributed by atoms with Crippen LogP contribution >= 0.6 is 11.5 Å². The second-order valence-electron chi connectivity index (χ2n) is 2.11. The van der Waals surface area contributed by atoms with Gasteiger partial charge in [0.25, 0.3) is 0 Å². The van der Waals surface area contributed by atoms with Crippen LogP contribution in [0.25, 0.3) is 0 Å². The van der Waals surface area contributed by atoms with Crippen molar-refractivity contribution in [2.24, 2.45) is 0 Å². The highest BCUT2D eigenvalue weighted by Crippen LogP contribution is 2.08. The van der Waals surface area contributed by atoms with E-state index in [0.717, 1.165) is 11.5 Å². The Morgan fingerprint density at radius 2 is 2.45 bits per heavy atom. The molecule has 0 aliphatic rings. The Balaban J connectivity index is 2.50. The van der Waals surface area contributed by atoms with Gasteiger partial charge in [0, 0.05) is 25.6 Å². The van der Waals surface area contributed by atoms with Gasteiger partial charge in [-0.3, -0.25) is 5.32 Å². The predicted octanol–water partition coefficient (Wildman–Crippen LogP) is 0.632. The van der Waals surface area contributed by atoms with Gasteiger partial charge in [-0.1, -0.05) is 4.49 Å². The van der Waals surface area contributed by atoms with E-state index >= 15 is 0 Å². The molecule has 60 valence electrons. The molecule has 0 aliphatic carbocycles. The van der Waals surface area contributed by atoms with E-state index in [4.69, 9.17) is 0 Å². The lowest BCUT2D eigenvalue weighted by molar-refractivity contribution is 0.231. The van der Waals surface area contributed by atoms with Gasteiger partial charge >= 0.3 is 6.03 Å². The Morgan fingerprint density at radius 3 is 2.91 bits per heavy atom. The van der Waals surface area contributed by atoms with Gasteiger partial charge in [-0.2, -0.15) is 0 Å². The summed E-state index contributed by atoms with van der Waals surface area (Å²) < 4.78 is 3.59. The molecule has 0 saturated carbocycles. The number of nitrogens with one attached hydrogen (secondary N) is 1. The molecule has 6 heteroatoms. The number of hydrogen-bond acceptors (Lipinski definition) is 4. The van der Waals surface area contributed by atoms with Crippen LogP contribution in [0.15, 0.2) is 6.20 Å². The Bertz CT molecular complexity index is 233. The van der Waals surface area contributed by atoms with Crippen molar-refractivity contribution in [2.45, 2.75) is 0 Å². The largest absolute Gasteiger partial charge is 0.331 e. The summed E-state index contributed by atoms with van der Waals surface area (Å²) in [7, 11) is 3.34. The van der Waals surface area contributed by atoms with Gasteiger partial charge in [0.2, 0.25) is 0 Å². The lowest BCUT2D eigenvalue weighted by Gasteiger charge is -2.08. The molecule has 1 rings (SSSR count). The van der Waals surface area contributed by atoms with Crippen LogP contribution in [0, 0.1) is 0 Å². The van der Waals surface area contributed by atoms with Crippen LogP contribution in [-0.2, 0) is 0 Å². The monoisotopic (exact) mass is 172 g/mol. The molecule has 1 aromatic heterocycles. The second kappa shape index (κ2) is 3.29. The van der Waals surface area contributed by atoms with Crippen molar-refractivity contribution in [1.82, 2.24) is 14.5 Å². The molecule has 5 nitrogen and oxygen atoms in total. The summed E-state index contributed by atoms with van der Waals surface area (Å²) >= 11 is 1.15. The number of nitrogens with zero attached hydrogens (tertiary/aromatic N) is 3. The first-order valence-electron chi connectivity index (χ1n) is 2.96. The number of hydrogen-bond donors (Lipinski definition) is 1. The first kappa shape index (κ1) is 7.93. The molecule has 0 bridgehead atoms. The number of rotatable bonds is 1. The second-order valence-corrected chi connectivity index (χ2v) is 2.89. The molecule has 0 atom stereocenters. The number of carbonyl (C=O) groups is 1. The van der Waals surface area contributed by atoms with Gasteiger partial charge in [0.15, 0.2) is 0 Å². The minimum absolute atomic E-state index is 0.170. The Morgan fingerprint density at radius 1 is 1.73 bits per heavy atom. The molecule has 0 aliphatic heterocycles. The van der Waals surface area contributed by atoms with Crippen LogP contribution in [0.2, 0.25) is 0 Å². The first-order chi connectivity index (χ1) is 5.20. The van der Waals surface area contributed by atoms with Crippen molar-refractivity contribution in [1.29, 1.82) is 0 Å². The van der Waals surface area contributed by atoms with E-state index < -0.39 is 0 Å². The molecule has 1 aromatic rings. The van der Waals surface area contributed by atoms with Crippen LogP contribution in [0.1, 0.15) is 0 Å².